The molecule has 2 aromatic rings. The number of benzene rings is 1. The Balaban J connectivity index is 2.68. The van der Waals surface area contributed by atoms with E-state index in [1.165, 1.54) is 0 Å². The molecule has 0 amide bonds. The summed E-state index contributed by atoms with van der Waals surface area (Å²) in [5.74, 6) is -1.06. The number of fused-ring (bicyclic) bond motifs is 1. The van der Waals surface area contributed by atoms with Crippen LogP contribution in [-0.4, -0.2) is 21.3 Å². The van der Waals surface area contributed by atoms with E-state index in [1.807, 2.05) is 13.0 Å². The van der Waals surface area contributed by atoms with Gasteiger partial charge in [0.2, 0.25) is 5.43 Å². The Bertz CT molecular complexity index is 616. The molecule has 5 nitrogen and oxygen atoms in total. The number of nitrogens with one attached hydrogen (secondary N) is 1. The summed E-state index contributed by atoms with van der Waals surface area (Å²) < 4.78 is 0. The number of rotatable bonds is 2. The van der Waals surface area contributed by atoms with Gasteiger partial charge in [0.25, 0.3) is 0 Å². The van der Waals surface area contributed by atoms with Gasteiger partial charge in [0.05, 0.1) is 11.9 Å². The molecule has 0 aliphatic rings. The standard InChI is InChI=1S/C11H10N2O3/c1-6-2-3-8-7(4-6)11(16)9(13-12-8)5-10(14)15/h2-4H,5H2,1H3,(H,12,16)(H,14,15). The van der Waals surface area contributed by atoms with Crippen molar-refractivity contribution in [2.24, 2.45) is 0 Å². The Morgan fingerprint density at radius 1 is 1.50 bits per heavy atom. The summed E-state index contributed by atoms with van der Waals surface area (Å²) in [6.07, 6.45) is -0.362. The van der Waals surface area contributed by atoms with Gasteiger partial charge in [0.15, 0.2) is 0 Å². The highest BCUT2D eigenvalue weighted by Gasteiger charge is 2.10. The lowest BCUT2D eigenvalue weighted by molar-refractivity contribution is -0.136. The van der Waals surface area contributed by atoms with Gasteiger partial charge >= 0.3 is 5.97 Å². The monoisotopic (exact) mass is 218 g/mol. The van der Waals surface area contributed by atoms with E-state index < -0.39 is 5.97 Å². The van der Waals surface area contributed by atoms with Gasteiger partial charge in [-0.15, -0.1) is 0 Å². The number of H-pyrrole nitrogens is 1. The summed E-state index contributed by atoms with van der Waals surface area (Å²) in [6.45, 7) is 1.87. The second-order valence-corrected chi connectivity index (χ2v) is 3.62. The second kappa shape index (κ2) is 3.77. The molecule has 0 saturated heterocycles. The van der Waals surface area contributed by atoms with Crippen molar-refractivity contribution in [2.45, 2.75) is 13.3 Å². The number of hydrogen-bond donors (Lipinski definition) is 2. The number of nitrogens with zero attached hydrogens (tertiary/aromatic N) is 1. The maximum Gasteiger partial charge on any atom is 0.309 e. The van der Waals surface area contributed by atoms with E-state index in [-0.39, 0.29) is 17.5 Å². The lowest BCUT2D eigenvalue weighted by Gasteiger charge is -2.01. The predicted octanol–water partition coefficient (Wildman–Crippen LogP) is 0.859. The first-order valence-corrected chi connectivity index (χ1v) is 4.77. The van der Waals surface area contributed by atoms with Gasteiger partial charge in [-0.2, -0.15) is 5.10 Å². The van der Waals surface area contributed by atoms with Crippen LogP contribution in [0.15, 0.2) is 23.0 Å². The summed E-state index contributed by atoms with van der Waals surface area (Å²) >= 11 is 0. The van der Waals surface area contributed by atoms with Crippen molar-refractivity contribution in [3.05, 3.63) is 39.7 Å². The topological polar surface area (TPSA) is 83.1 Å². The summed E-state index contributed by atoms with van der Waals surface area (Å²) in [6, 6.07) is 5.33. The van der Waals surface area contributed by atoms with Crippen LogP contribution >= 0.6 is 0 Å². The molecule has 0 radical (unpaired) electrons. The maximum atomic E-state index is 11.9. The van der Waals surface area contributed by atoms with Crippen LogP contribution in [0.4, 0.5) is 0 Å². The molecule has 1 heterocycles. The normalized spacial score (nSPS) is 10.6. The summed E-state index contributed by atoms with van der Waals surface area (Å²) in [5, 5.41) is 15.5. The lowest BCUT2D eigenvalue weighted by Crippen LogP contribution is -2.17. The zero-order chi connectivity index (χ0) is 11.7. The number of carboxylic acids is 1. The predicted molar refractivity (Wildman–Crippen MR) is 58.4 cm³/mol. The molecule has 82 valence electrons. The Hall–Kier alpha value is -2.17. The number of aryl methyl sites for hydroxylation is 1. The second-order valence-electron chi connectivity index (χ2n) is 3.62. The average molecular weight is 218 g/mol. The molecule has 0 bridgehead atoms. The zero-order valence-corrected chi connectivity index (χ0v) is 8.65. The van der Waals surface area contributed by atoms with Crippen molar-refractivity contribution in [3.63, 3.8) is 0 Å². The molecule has 0 fully saturated rings. The molecule has 0 spiro atoms. The van der Waals surface area contributed by atoms with Gasteiger partial charge in [0, 0.05) is 5.39 Å². The van der Waals surface area contributed by atoms with Gasteiger partial charge in [0.1, 0.15) is 5.69 Å². The van der Waals surface area contributed by atoms with Crippen LogP contribution < -0.4 is 5.43 Å². The van der Waals surface area contributed by atoms with Crippen LogP contribution in [0.1, 0.15) is 11.3 Å². The van der Waals surface area contributed by atoms with Gasteiger partial charge in [-0.25, -0.2) is 0 Å². The Kier molecular flexibility index (Phi) is 2.44. The fourth-order valence-corrected chi connectivity index (χ4v) is 1.54. The van der Waals surface area contributed by atoms with Crippen molar-refractivity contribution < 1.29 is 9.90 Å². The van der Waals surface area contributed by atoms with Crippen molar-refractivity contribution >= 4 is 16.9 Å². The van der Waals surface area contributed by atoms with E-state index in [0.29, 0.717) is 10.9 Å². The largest absolute Gasteiger partial charge is 0.481 e. The molecule has 16 heavy (non-hydrogen) atoms. The quantitative estimate of drug-likeness (QED) is 0.783. The molecule has 0 aliphatic heterocycles. The number of aromatic amines is 1. The number of aromatic nitrogens is 2. The molecule has 0 saturated carbocycles. The van der Waals surface area contributed by atoms with Crippen molar-refractivity contribution in [3.8, 4) is 0 Å². The fourth-order valence-electron chi connectivity index (χ4n) is 1.54. The third-order valence-electron chi connectivity index (χ3n) is 2.31. The Morgan fingerprint density at radius 2 is 2.25 bits per heavy atom. The number of aliphatic carboxylic acids is 1. The Morgan fingerprint density at radius 3 is 2.94 bits per heavy atom. The highest BCUT2D eigenvalue weighted by atomic mass is 16.4. The van der Waals surface area contributed by atoms with E-state index in [0.717, 1.165) is 5.56 Å². The van der Waals surface area contributed by atoms with E-state index in [9.17, 15) is 9.59 Å². The van der Waals surface area contributed by atoms with E-state index >= 15 is 0 Å². The van der Waals surface area contributed by atoms with Crippen molar-refractivity contribution in [2.75, 3.05) is 0 Å². The van der Waals surface area contributed by atoms with E-state index in [1.54, 1.807) is 12.1 Å². The zero-order valence-electron chi connectivity index (χ0n) is 8.65. The summed E-state index contributed by atoms with van der Waals surface area (Å²) in [4.78, 5) is 22.4. The van der Waals surface area contributed by atoms with Crippen molar-refractivity contribution in [1.82, 2.24) is 10.2 Å². The van der Waals surface area contributed by atoms with Gasteiger partial charge in [-0.05, 0) is 19.1 Å². The van der Waals surface area contributed by atoms with Crippen LogP contribution in [0.3, 0.4) is 0 Å². The molecule has 2 N–H and O–H groups in total. The number of carbonyl (C=O) groups is 1. The smallest absolute Gasteiger partial charge is 0.309 e. The highest BCUT2D eigenvalue weighted by Crippen LogP contribution is 2.09. The van der Waals surface area contributed by atoms with Crippen LogP contribution in [0.2, 0.25) is 0 Å². The first-order valence-electron chi connectivity index (χ1n) is 4.77. The minimum Gasteiger partial charge on any atom is -0.481 e. The molecular weight excluding hydrogens is 208 g/mol. The minimum atomic E-state index is -1.06. The van der Waals surface area contributed by atoms with Gasteiger partial charge in [-0.3, -0.25) is 14.7 Å². The fraction of sp³-hybridized carbons (Fsp3) is 0.182. The third kappa shape index (κ3) is 1.79. The van der Waals surface area contributed by atoms with Crippen LogP contribution in [0.25, 0.3) is 10.9 Å². The maximum absolute atomic E-state index is 11.9. The van der Waals surface area contributed by atoms with Crippen LogP contribution in [0, 0.1) is 6.92 Å². The highest BCUT2D eigenvalue weighted by molar-refractivity contribution is 5.80. The Labute approximate surface area is 90.7 Å². The van der Waals surface area contributed by atoms with Gasteiger partial charge < -0.3 is 5.11 Å². The lowest BCUT2D eigenvalue weighted by atomic mass is 10.1. The summed E-state index contributed by atoms with van der Waals surface area (Å²) in [5.41, 5.74) is 1.28. The molecule has 0 unspecified atom stereocenters. The summed E-state index contributed by atoms with van der Waals surface area (Å²) in [7, 11) is 0. The minimum absolute atomic E-state index is 0.0330. The van der Waals surface area contributed by atoms with Gasteiger partial charge in [-0.1, -0.05) is 11.6 Å². The number of carboxylic acid groups (broad SMARTS) is 1. The molecule has 1 aromatic carbocycles. The molecule has 0 aliphatic carbocycles. The molecule has 2 rings (SSSR count). The van der Waals surface area contributed by atoms with E-state index in [4.69, 9.17) is 5.11 Å². The third-order valence-corrected chi connectivity index (χ3v) is 2.31. The molecular formula is C11H10N2O3. The van der Waals surface area contributed by atoms with Crippen molar-refractivity contribution in [1.29, 1.82) is 0 Å². The first-order chi connectivity index (χ1) is 7.58. The SMILES string of the molecule is Cc1ccc2[nH]nc(CC(=O)O)c(=O)c2c1. The molecule has 1 aromatic heterocycles. The van der Waals surface area contributed by atoms with Crippen LogP contribution in [-0.2, 0) is 11.2 Å². The molecule has 0 atom stereocenters. The van der Waals surface area contributed by atoms with E-state index in [2.05, 4.69) is 10.2 Å². The first kappa shape index (κ1) is 10.4. The van der Waals surface area contributed by atoms with Crippen LogP contribution in [0.5, 0.6) is 0 Å². The molecule has 5 heteroatoms. The number of hydrogen-bond acceptors (Lipinski definition) is 3. The average Bonchev–Trinajstić information content (AvgIpc) is 2.22.